The number of hydrogen-bond acceptors (Lipinski definition) is 3. The summed E-state index contributed by atoms with van der Waals surface area (Å²) in [5.41, 5.74) is 0.667. The summed E-state index contributed by atoms with van der Waals surface area (Å²) in [6, 6.07) is 6.07. The molecule has 1 heterocycles. The fraction of sp³-hybridized carbons (Fsp3) is 0.167. The zero-order valence-corrected chi connectivity index (χ0v) is 11.2. The summed E-state index contributed by atoms with van der Waals surface area (Å²) in [4.78, 5) is 15.8. The summed E-state index contributed by atoms with van der Waals surface area (Å²) < 4.78 is 14.7. The van der Waals surface area contributed by atoms with Crippen molar-refractivity contribution in [1.82, 2.24) is 9.55 Å². The molecule has 0 unspecified atom stereocenters. The van der Waals surface area contributed by atoms with Crippen molar-refractivity contribution in [3.8, 4) is 0 Å². The van der Waals surface area contributed by atoms with Crippen LogP contribution in [-0.4, -0.2) is 9.55 Å². The van der Waals surface area contributed by atoms with Gasteiger partial charge < -0.3 is 9.88 Å². The largest absolute Gasteiger partial charge is 0.361 e. The summed E-state index contributed by atoms with van der Waals surface area (Å²) in [7, 11) is 1.65. The fourth-order valence-corrected chi connectivity index (χ4v) is 1.96. The third kappa shape index (κ3) is 2.95. The number of nitrogens with one attached hydrogen (secondary N) is 1. The lowest BCUT2D eigenvalue weighted by Gasteiger charge is -2.07. The summed E-state index contributed by atoms with van der Waals surface area (Å²) in [6.45, 7) is 0.416. The fourth-order valence-electron chi connectivity index (χ4n) is 1.47. The van der Waals surface area contributed by atoms with E-state index in [0.29, 0.717) is 11.1 Å². The van der Waals surface area contributed by atoms with Crippen molar-refractivity contribution < 1.29 is 4.39 Å². The molecule has 0 saturated carbocycles. The average molecular weight is 312 g/mol. The van der Waals surface area contributed by atoms with Crippen LogP contribution in [0.3, 0.4) is 0 Å². The van der Waals surface area contributed by atoms with E-state index < -0.39 is 0 Å². The van der Waals surface area contributed by atoms with Gasteiger partial charge in [0.25, 0.3) is 5.56 Å². The van der Waals surface area contributed by atoms with Crippen molar-refractivity contribution in [1.29, 1.82) is 0 Å². The molecular formula is C12H11BrFN3O. The summed E-state index contributed by atoms with van der Waals surface area (Å²) in [6.07, 6.45) is 1.59. The quantitative estimate of drug-likeness (QED) is 0.946. The van der Waals surface area contributed by atoms with Gasteiger partial charge >= 0.3 is 0 Å². The molecule has 18 heavy (non-hydrogen) atoms. The van der Waals surface area contributed by atoms with Crippen LogP contribution in [0.15, 0.2) is 39.9 Å². The first-order valence-electron chi connectivity index (χ1n) is 5.28. The molecule has 94 valence electrons. The second-order valence-electron chi connectivity index (χ2n) is 3.81. The lowest BCUT2D eigenvalue weighted by Crippen LogP contribution is -2.22. The molecule has 6 heteroatoms. The molecule has 0 amide bonds. The zero-order valence-electron chi connectivity index (χ0n) is 9.65. The SMILES string of the molecule is Cn1cc(Br)nc(NCc2ccc(F)cc2)c1=O. The minimum atomic E-state index is -0.282. The van der Waals surface area contributed by atoms with Gasteiger partial charge in [0, 0.05) is 19.8 Å². The molecule has 2 aromatic rings. The molecule has 0 saturated heterocycles. The van der Waals surface area contributed by atoms with Gasteiger partial charge in [0.2, 0.25) is 0 Å². The van der Waals surface area contributed by atoms with E-state index in [1.165, 1.54) is 16.7 Å². The van der Waals surface area contributed by atoms with Crippen LogP contribution in [-0.2, 0) is 13.6 Å². The van der Waals surface area contributed by atoms with Gasteiger partial charge in [-0.05, 0) is 33.6 Å². The van der Waals surface area contributed by atoms with Crippen molar-refractivity contribution in [3.05, 3.63) is 56.8 Å². The molecular weight excluding hydrogens is 301 g/mol. The van der Waals surface area contributed by atoms with Crippen LogP contribution in [0.5, 0.6) is 0 Å². The lowest BCUT2D eigenvalue weighted by atomic mass is 10.2. The number of aromatic nitrogens is 2. The maximum absolute atomic E-state index is 12.7. The van der Waals surface area contributed by atoms with Crippen LogP contribution >= 0.6 is 15.9 Å². The topological polar surface area (TPSA) is 46.9 Å². The Morgan fingerprint density at radius 3 is 2.72 bits per heavy atom. The van der Waals surface area contributed by atoms with E-state index in [0.717, 1.165) is 5.56 Å². The van der Waals surface area contributed by atoms with E-state index in [9.17, 15) is 9.18 Å². The number of halogens is 2. The third-order valence-corrected chi connectivity index (χ3v) is 2.80. The van der Waals surface area contributed by atoms with Gasteiger partial charge in [-0.3, -0.25) is 4.79 Å². The Kier molecular flexibility index (Phi) is 3.76. The van der Waals surface area contributed by atoms with E-state index in [2.05, 4.69) is 26.2 Å². The number of nitrogens with zero attached hydrogens (tertiary/aromatic N) is 2. The molecule has 1 N–H and O–H groups in total. The Morgan fingerprint density at radius 2 is 2.06 bits per heavy atom. The van der Waals surface area contributed by atoms with Gasteiger partial charge in [-0.1, -0.05) is 12.1 Å². The molecule has 0 radical (unpaired) electrons. The average Bonchev–Trinajstić information content (AvgIpc) is 2.34. The second kappa shape index (κ2) is 5.30. The van der Waals surface area contributed by atoms with Crippen LogP contribution < -0.4 is 10.9 Å². The molecule has 0 fully saturated rings. The highest BCUT2D eigenvalue weighted by molar-refractivity contribution is 9.10. The van der Waals surface area contributed by atoms with Crippen LogP contribution in [0.4, 0.5) is 10.2 Å². The molecule has 0 aliphatic heterocycles. The molecule has 4 nitrogen and oxygen atoms in total. The number of rotatable bonds is 3. The maximum Gasteiger partial charge on any atom is 0.293 e. The molecule has 2 rings (SSSR count). The minimum absolute atomic E-state index is 0.208. The third-order valence-electron chi connectivity index (χ3n) is 2.41. The molecule has 0 aliphatic rings. The summed E-state index contributed by atoms with van der Waals surface area (Å²) in [5, 5.41) is 2.93. The molecule has 0 aliphatic carbocycles. The van der Waals surface area contributed by atoms with Crippen LogP contribution in [0.25, 0.3) is 0 Å². The lowest BCUT2D eigenvalue weighted by molar-refractivity contribution is 0.627. The van der Waals surface area contributed by atoms with E-state index in [4.69, 9.17) is 0 Å². The van der Waals surface area contributed by atoms with Crippen LogP contribution in [0, 0.1) is 5.82 Å². The van der Waals surface area contributed by atoms with E-state index in [1.54, 1.807) is 25.4 Å². The van der Waals surface area contributed by atoms with E-state index >= 15 is 0 Å². The molecule has 0 bridgehead atoms. The first-order chi connectivity index (χ1) is 8.56. The smallest absolute Gasteiger partial charge is 0.293 e. The maximum atomic E-state index is 12.7. The van der Waals surface area contributed by atoms with Crippen LogP contribution in [0.2, 0.25) is 0 Å². The summed E-state index contributed by atoms with van der Waals surface area (Å²) in [5.74, 6) is -0.0218. The number of anilines is 1. The first kappa shape index (κ1) is 12.8. The van der Waals surface area contributed by atoms with Gasteiger partial charge in [-0.25, -0.2) is 9.37 Å². The Morgan fingerprint density at radius 1 is 1.39 bits per heavy atom. The monoisotopic (exact) mass is 311 g/mol. The Balaban J connectivity index is 2.15. The Hall–Kier alpha value is -1.69. The molecule has 1 aromatic carbocycles. The van der Waals surface area contributed by atoms with Crippen molar-refractivity contribution in [3.63, 3.8) is 0 Å². The van der Waals surface area contributed by atoms with Crippen molar-refractivity contribution in [2.24, 2.45) is 7.05 Å². The molecule has 0 atom stereocenters. The standard InChI is InChI=1S/C12H11BrFN3O/c1-17-7-10(13)16-11(12(17)18)15-6-8-2-4-9(14)5-3-8/h2-5,7H,6H2,1H3,(H,15,16). The Bertz CT molecular complexity index is 610. The molecule has 0 spiro atoms. The van der Waals surface area contributed by atoms with Gasteiger partial charge in [0.15, 0.2) is 5.82 Å². The van der Waals surface area contributed by atoms with Crippen molar-refractivity contribution in [2.75, 3.05) is 5.32 Å². The highest BCUT2D eigenvalue weighted by Gasteiger charge is 2.04. The number of hydrogen-bond donors (Lipinski definition) is 1. The number of aryl methyl sites for hydroxylation is 1. The van der Waals surface area contributed by atoms with Crippen LogP contribution in [0.1, 0.15) is 5.56 Å². The number of benzene rings is 1. The predicted octanol–water partition coefficient (Wildman–Crippen LogP) is 2.29. The first-order valence-corrected chi connectivity index (χ1v) is 6.07. The Labute approximate surface area is 112 Å². The minimum Gasteiger partial charge on any atom is -0.361 e. The van der Waals surface area contributed by atoms with Crippen molar-refractivity contribution >= 4 is 21.7 Å². The van der Waals surface area contributed by atoms with E-state index in [1.807, 2.05) is 0 Å². The normalized spacial score (nSPS) is 10.4. The van der Waals surface area contributed by atoms with Gasteiger partial charge in [0.05, 0.1) is 0 Å². The second-order valence-corrected chi connectivity index (χ2v) is 4.62. The highest BCUT2D eigenvalue weighted by atomic mass is 79.9. The zero-order chi connectivity index (χ0) is 13.1. The molecule has 1 aromatic heterocycles. The summed E-state index contributed by atoms with van der Waals surface area (Å²) >= 11 is 3.22. The van der Waals surface area contributed by atoms with Crippen molar-refractivity contribution in [2.45, 2.75) is 6.54 Å². The van der Waals surface area contributed by atoms with Gasteiger partial charge in [0.1, 0.15) is 10.4 Å². The van der Waals surface area contributed by atoms with Gasteiger partial charge in [-0.15, -0.1) is 0 Å². The highest BCUT2D eigenvalue weighted by Crippen LogP contribution is 2.08. The predicted molar refractivity (Wildman–Crippen MR) is 70.9 cm³/mol. The van der Waals surface area contributed by atoms with Gasteiger partial charge in [-0.2, -0.15) is 0 Å². The van der Waals surface area contributed by atoms with E-state index in [-0.39, 0.29) is 17.2 Å².